The molecule has 7 heteroatoms. The van der Waals surface area contributed by atoms with Crippen LogP contribution in [0.1, 0.15) is 79.1 Å². The molecule has 0 atom stereocenters. The van der Waals surface area contributed by atoms with Gasteiger partial charge in [0.05, 0.1) is 0 Å². The van der Waals surface area contributed by atoms with E-state index in [1.54, 1.807) is 0 Å². The third kappa shape index (κ3) is 15.9. The highest BCUT2D eigenvalue weighted by Gasteiger charge is 2.53. The van der Waals surface area contributed by atoms with Gasteiger partial charge < -0.3 is 0 Å². The first-order valence-electron chi connectivity index (χ1n) is 8.92. The number of unbranched alkanes of at least 4 members (excludes halogenated alkanes) is 4. The molecule has 0 aliphatic heterocycles. The second kappa shape index (κ2) is 12.1. The number of rotatable bonds is 14. The molecule has 0 radical (unpaired) electrons. The highest BCUT2D eigenvalue weighted by atomic mass is 31.3. The summed E-state index contributed by atoms with van der Waals surface area (Å²) < 4.78 is 4.93. The zero-order valence-electron chi connectivity index (χ0n) is 15.3. The maximum Gasteiger partial charge on any atom is 0.461 e. The summed E-state index contributed by atoms with van der Waals surface area (Å²) in [4.78, 5) is 39.5. The van der Waals surface area contributed by atoms with Crippen LogP contribution in [0.15, 0.2) is 0 Å². The van der Waals surface area contributed by atoms with Crippen molar-refractivity contribution in [2.75, 3.05) is 12.3 Å². The summed E-state index contributed by atoms with van der Waals surface area (Å²) in [7, 11) is -7.30. The molecular weight excluding hydrogens is 334 g/mol. The summed E-state index contributed by atoms with van der Waals surface area (Å²) in [5.74, 6) is 1.30. The molecule has 0 unspecified atom stereocenters. The lowest BCUT2D eigenvalue weighted by Gasteiger charge is -2.14. The molecule has 0 amide bonds. The summed E-state index contributed by atoms with van der Waals surface area (Å²) in [6.45, 7) is 8.65. The van der Waals surface area contributed by atoms with E-state index in [-0.39, 0.29) is 12.3 Å². The molecule has 0 fully saturated rings. The quantitative estimate of drug-likeness (QED) is 0.256. The molecule has 0 aliphatic carbocycles. The third-order valence-corrected chi connectivity index (χ3v) is 7.61. The summed E-state index contributed by atoms with van der Waals surface area (Å²) in [5.41, 5.74) is 0. The normalized spacial score (nSPS) is 13.3. The summed E-state index contributed by atoms with van der Waals surface area (Å²) >= 11 is 0. The van der Waals surface area contributed by atoms with Crippen LogP contribution in [0.2, 0.25) is 0 Å². The van der Waals surface area contributed by atoms with Gasteiger partial charge in [-0.25, -0.2) is 0 Å². The Bertz CT molecular complexity index is 268. The van der Waals surface area contributed by atoms with Crippen LogP contribution >= 0.6 is 15.9 Å². The van der Waals surface area contributed by atoms with E-state index in [0.717, 1.165) is 38.5 Å². The number of hydrogen-bond acceptors (Lipinski definition) is 5. The van der Waals surface area contributed by atoms with Crippen molar-refractivity contribution in [3.05, 3.63) is 0 Å². The van der Waals surface area contributed by atoms with Crippen LogP contribution in [0, 0.1) is 11.8 Å². The van der Waals surface area contributed by atoms with Crippen molar-refractivity contribution in [1.82, 2.24) is 0 Å². The van der Waals surface area contributed by atoms with Gasteiger partial charge in [-0.05, 0) is 37.5 Å². The SMILES string of the molecule is CC(C)CCCCC[P+](O)(O)O[P+](O)(O)CCCCCC(C)C. The van der Waals surface area contributed by atoms with Gasteiger partial charge in [0, 0.05) is 4.31 Å². The van der Waals surface area contributed by atoms with Crippen LogP contribution in [0.3, 0.4) is 0 Å². The van der Waals surface area contributed by atoms with Gasteiger partial charge in [-0.15, -0.1) is 0 Å². The van der Waals surface area contributed by atoms with Crippen molar-refractivity contribution >= 4 is 15.9 Å². The molecule has 0 aromatic heterocycles. The fourth-order valence-electron chi connectivity index (χ4n) is 2.39. The van der Waals surface area contributed by atoms with Gasteiger partial charge in [-0.3, -0.25) is 0 Å². The maximum atomic E-state index is 9.89. The van der Waals surface area contributed by atoms with E-state index in [1.807, 2.05) is 0 Å². The Morgan fingerprint density at radius 3 is 1.26 bits per heavy atom. The monoisotopic (exact) mass is 372 g/mol. The first kappa shape index (κ1) is 23.7. The fraction of sp³-hybridized carbons (Fsp3) is 1.00. The van der Waals surface area contributed by atoms with Gasteiger partial charge in [0.15, 0.2) is 0 Å². The van der Waals surface area contributed by atoms with E-state index in [4.69, 9.17) is 4.31 Å². The van der Waals surface area contributed by atoms with Gasteiger partial charge in [0.25, 0.3) is 0 Å². The summed E-state index contributed by atoms with van der Waals surface area (Å²) in [5, 5.41) is 0. The first-order valence-corrected chi connectivity index (χ1v) is 12.5. The lowest BCUT2D eigenvalue weighted by Crippen LogP contribution is -2.07. The standard InChI is InChI=1S/C16H38O5P2/c1-15(2)11-7-5-9-13-22(17,18)21-23(19,20)14-10-6-8-12-16(3)4/h15-20H,5-14H2,1-4H3/q+2. The lowest BCUT2D eigenvalue weighted by atomic mass is 10.1. The van der Waals surface area contributed by atoms with Gasteiger partial charge in [-0.2, -0.15) is 19.6 Å². The molecule has 0 aromatic carbocycles. The smallest absolute Gasteiger partial charge is 0.189 e. The molecule has 0 saturated carbocycles. The predicted molar refractivity (Wildman–Crippen MR) is 100 cm³/mol. The highest BCUT2D eigenvalue weighted by Crippen LogP contribution is 2.69. The topological polar surface area (TPSA) is 90.2 Å². The molecule has 0 heterocycles. The van der Waals surface area contributed by atoms with Crippen molar-refractivity contribution < 1.29 is 23.9 Å². The molecule has 4 N–H and O–H groups in total. The van der Waals surface area contributed by atoms with Crippen LogP contribution in [0.5, 0.6) is 0 Å². The van der Waals surface area contributed by atoms with Gasteiger partial charge in [-0.1, -0.05) is 53.4 Å². The lowest BCUT2D eigenvalue weighted by molar-refractivity contribution is 0.278. The van der Waals surface area contributed by atoms with Gasteiger partial charge in [0.2, 0.25) is 0 Å². The van der Waals surface area contributed by atoms with E-state index in [9.17, 15) is 19.6 Å². The second-order valence-electron chi connectivity index (χ2n) is 7.34. The Labute approximate surface area is 143 Å². The second-order valence-corrected chi connectivity index (χ2v) is 11.6. The van der Waals surface area contributed by atoms with E-state index < -0.39 is 15.9 Å². The molecule has 0 bridgehead atoms. The predicted octanol–water partition coefficient (Wildman–Crippen LogP) is 4.93. The molecule has 0 aliphatic rings. The Kier molecular flexibility index (Phi) is 12.4. The molecular formula is C16H38O5P2+2. The van der Waals surface area contributed by atoms with Crippen molar-refractivity contribution in [2.45, 2.75) is 79.1 Å². The number of hydrogen-bond donors (Lipinski definition) is 4. The van der Waals surface area contributed by atoms with Crippen LogP contribution in [-0.2, 0) is 4.31 Å². The fourth-order valence-corrected chi connectivity index (χ4v) is 5.99. The zero-order chi connectivity index (χ0) is 17.9. The summed E-state index contributed by atoms with van der Waals surface area (Å²) in [6, 6.07) is 0. The van der Waals surface area contributed by atoms with Gasteiger partial charge in [0.1, 0.15) is 12.3 Å². The average molecular weight is 372 g/mol. The van der Waals surface area contributed by atoms with E-state index in [0.29, 0.717) is 24.7 Å². The Balaban J connectivity index is 3.90. The molecule has 140 valence electrons. The Morgan fingerprint density at radius 2 is 0.957 bits per heavy atom. The minimum atomic E-state index is -3.65. The molecule has 0 aromatic rings. The van der Waals surface area contributed by atoms with Crippen LogP contribution in [0.25, 0.3) is 0 Å². The van der Waals surface area contributed by atoms with Crippen LogP contribution in [-0.4, -0.2) is 31.9 Å². The maximum absolute atomic E-state index is 9.89. The van der Waals surface area contributed by atoms with E-state index in [1.165, 1.54) is 0 Å². The Morgan fingerprint density at radius 1 is 0.609 bits per heavy atom. The minimum Gasteiger partial charge on any atom is -0.189 e. The average Bonchev–Trinajstić information content (AvgIpc) is 2.35. The minimum absolute atomic E-state index is 0.112. The zero-order valence-corrected chi connectivity index (χ0v) is 17.1. The van der Waals surface area contributed by atoms with Crippen molar-refractivity contribution in [3.8, 4) is 0 Å². The van der Waals surface area contributed by atoms with Gasteiger partial charge >= 0.3 is 15.9 Å². The van der Waals surface area contributed by atoms with Crippen molar-refractivity contribution in [1.29, 1.82) is 0 Å². The van der Waals surface area contributed by atoms with Crippen LogP contribution < -0.4 is 0 Å². The Hall–Kier alpha value is 0.660. The molecule has 0 saturated heterocycles. The molecule has 5 nitrogen and oxygen atoms in total. The highest BCUT2D eigenvalue weighted by molar-refractivity contribution is 7.72. The molecule has 23 heavy (non-hydrogen) atoms. The summed E-state index contributed by atoms with van der Waals surface area (Å²) in [6.07, 6.45) is 7.65. The third-order valence-electron chi connectivity index (χ3n) is 3.72. The van der Waals surface area contributed by atoms with Crippen molar-refractivity contribution in [3.63, 3.8) is 0 Å². The van der Waals surface area contributed by atoms with Crippen molar-refractivity contribution in [2.24, 2.45) is 11.8 Å². The molecule has 0 spiro atoms. The van der Waals surface area contributed by atoms with Crippen LogP contribution in [0.4, 0.5) is 0 Å². The molecule has 0 rings (SSSR count). The first-order chi connectivity index (χ1) is 10.5. The van der Waals surface area contributed by atoms with E-state index >= 15 is 0 Å². The largest absolute Gasteiger partial charge is 0.461 e. The van der Waals surface area contributed by atoms with E-state index in [2.05, 4.69) is 27.7 Å².